The van der Waals surface area contributed by atoms with Crippen LogP contribution in [0.25, 0.3) is 0 Å². The summed E-state index contributed by atoms with van der Waals surface area (Å²) in [5.41, 5.74) is 5.13. The molecule has 1 fully saturated rings. The second kappa shape index (κ2) is 9.14. The van der Waals surface area contributed by atoms with Gasteiger partial charge in [-0.3, -0.25) is 0 Å². The van der Waals surface area contributed by atoms with Crippen LogP contribution >= 0.6 is 0 Å². The van der Waals surface area contributed by atoms with E-state index in [0.29, 0.717) is 36.4 Å². The lowest BCUT2D eigenvalue weighted by Crippen LogP contribution is -2.44. The smallest absolute Gasteiger partial charge is 0.345 e. The first kappa shape index (κ1) is 23.0. The van der Waals surface area contributed by atoms with Crippen LogP contribution in [-0.4, -0.2) is 43.5 Å². The molecule has 9 nitrogen and oxygen atoms in total. The molecule has 12 heteroatoms. The van der Waals surface area contributed by atoms with Gasteiger partial charge in [0.05, 0.1) is 30.1 Å². The summed E-state index contributed by atoms with van der Waals surface area (Å²) in [6.07, 6.45) is 8.18. The highest BCUT2D eigenvalue weighted by atomic mass is 32.2. The summed E-state index contributed by atoms with van der Waals surface area (Å²) < 4.78 is 62.9. The molecule has 0 bridgehead atoms. The fraction of sp³-hybridized carbons (Fsp3) is 0.545. The lowest BCUT2D eigenvalue weighted by molar-refractivity contribution is -0.213. The van der Waals surface area contributed by atoms with E-state index in [1.807, 2.05) is 0 Å². The highest BCUT2D eigenvalue weighted by molar-refractivity contribution is 7.91. The molecule has 2 aromatic rings. The monoisotopic (exact) mass is 494 g/mol. The fourth-order valence-corrected chi connectivity index (χ4v) is 6.54. The van der Waals surface area contributed by atoms with E-state index in [9.17, 15) is 22.3 Å². The normalized spacial score (nSPS) is 18.9. The summed E-state index contributed by atoms with van der Waals surface area (Å²) >= 11 is 0. The molecule has 0 atom stereocenters. The Morgan fingerprint density at radius 2 is 1.82 bits per heavy atom. The van der Waals surface area contributed by atoms with E-state index in [1.54, 1.807) is 0 Å². The molecular formula is C22H26F2N5O4S-. The molecule has 34 heavy (non-hydrogen) atoms. The Balaban J connectivity index is 1.48. The maximum Gasteiger partial charge on any atom is 0.345 e. The zero-order valence-corrected chi connectivity index (χ0v) is 19.4. The minimum absolute atomic E-state index is 0.0646. The van der Waals surface area contributed by atoms with Gasteiger partial charge in [0.15, 0.2) is 0 Å². The summed E-state index contributed by atoms with van der Waals surface area (Å²) in [5, 5.41) is 19.2. The van der Waals surface area contributed by atoms with Crippen molar-refractivity contribution in [3.05, 3.63) is 40.7 Å². The van der Waals surface area contributed by atoms with Crippen molar-refractivity contribution in [2.24, 2.45) is 4.40 Å². The van der Waals surface area contributed by atoms with Crippen LogP contribution < -0.4 is 14.7 Å². The minimum Gasteiger partial charge on any atom is -0.845 e. The van der Waals surface area contributed by atoms with Crippen molar-refractivity contribution >= 4 is 27.6 Å². The number of aryl methyl sites for hydroxylation is 2. The number of ether oxygens (including phenoxy) is 1. The van der Waals surface area contributed by atoms with E-state index in [0.717, 1.165) is 66.4 Å². The second-order valence-electron chi connectivity index (χ2n) is 8.83. The van der Waals surface area contributed by atoms with Crippen molar-refractivity contribution in [3.8, 4) is 0 Å². The van der Waals surface area contributed by atoms with E-state index in [2.05, 4.69) is 20.9 Å². The molecule has 0 radical (unpaired) electrons. The first-order chi connectivity index (χ1) is 16.3. The number of aromatic nitrogens is 2. The van der Waals surface area contributed by atoms with Gasteiger partial charge in [-0.25, -0.2) is 8.99 Å². The van der Waals surface area contributed by atoms with E-state index >= 15 is 0 Å². The van der Waals surface area contributed by atoms with Gasteiger partial charge in [-0.2, -0.15) is 22.3 Å². The molecular weight excluding hydrogens is 468 g/mol. The topological polar surface area (TPSA) is 112 Å². The van der Waals surface area contributed by atoms with Crippen LogP contribution in [0.1, 0.15) is 54.5 Å². The van der Waals surface area contributed by atoms with Crippen LogP contribution in [0.2, 0.25) is 0 Å². The van der Waals surface area contributed by atoms with Gasteiger partial charge < -0.3 is 15.2 Å². The van der Waals surface area contributed by atoms with Crippen molar-refractivity contribution in [2.75, 3.05) is 22.8 Å². The Labute approximate surface area is 196 Å². The van der Waals surface area contributed by atoms with Gasteiger partial charge in [0.2, 0.25) is 0 Å². The van der Waals surface area contributed by atoms with Crippen molar-refractivity contribution < 1.29 is 27.0 Å². The lowest BCUT2D eigenvalue weighted by Gasteiger charge is -2.33. The number of nitrogens with one attached hydrogen (secondary N) is 1. The van der Waals surface area contributed by atoms with Crippen LogP contribution in [0.5, 0.6) is 0 Å². The first-order valence-corrected chi connectivity index (χ1v) is 12.9. The molecule has 184 valence electrons. The first-order valence-electron chi connectivity index (χ1n) is 11.5. The van der Waals surface area contributed by atoms with E-state index < -0.39 is 28.8 Å². The zero-order chi connectivity index (χ0) is 23.9. The third-order valence-electron chi connectivity index (χ3n) is 6.72. The van der Waals surface area contributed by atoms with Crippen LogP contribution in [0.3, 0.4) is 0 Å². The van der Waals surface area contributed by atoms with Crippen LogP contribution in [0.4, 0.5) is 20.2 Å². The standard InChI is InChI=1S/C22H27F2N5O4S/c23-21(24)28-13-17(12-25-28)29(16-7-9-33-10-8-16)34(31,32)27-22(30)26-20-18-5-1-3-14(18)11-15-4-2-6-19(15)20/h11-13,16,21H,1-10H2,(H2,26,27,30)/p-1. The quantitative estimate of drug-likeness (QED) is 0.487. The number of amidine groups is 1. The van der Waals surface area contributed by atoms with Gasteiger partial charge in [-0.05, 0) is 73.6 Å². The number of rotatable bonds is 6. The molecule has 0 unspecified atom stereocenters. The Hall–Kier alpha value is -2.73. The third-order valence-corrected chi connectivity index (χ3v) is 8.12. The van der Waals surface area contributed by atoms with E-state index in [-0.39, 0.29) is 5.69 Å². The number of fused-ring (bicyclic) bond motifs is 2. The Bertz CT molecular complexity index is 1180. The summed E-state index contributed by atoms with van der Waals surface area (Å²) in [7, 11) is -4.54. The van der Waals surface area contributed by atoms with Gasteiger partial charge in [0.25, 0.3) is 0 Å². The molecule has 0 saturated carbocycles. The van der Waals surface area contributed by atoms with Crippen LogP contribution in [-0.2, 0) is 40.6 Å². The Morgan fingerprint density at radius 1 is 1.18 bits per heavy atom. The van der Waals surface area contributed by atoms with Gasteiger partial charge in [-0.15, -0.1) is 4.40 Å². The number of anilines is 2. The lowest BCUT2D eigenvalue weighted by atomic mass is 9.99. The summed E-state index contributed by atoms with van der Waals surface area (Å²) in [5.74, 6) is 0. The molecule has 0 spiro atoms. The minimum atomic E-state index is -4.54. The number of hydrogen-bond acceptors (Lipinski definition) is 5. The molecule has 2 heterocycles. The average Bonchev–Trinajstić information content (AvgIpc) is 3.54. The van der Waals surface area contributed by atoms with E-state index in [4.69, 9.17) is 4.74 Å². The fourth-order valence-electron chi connectivity index (χ4n) is 5.25. The summed E-state index contributed by atoms with van der Waals surface area (Å²) in [6, 6.07) is 0.630. The largest absolute Gasteiger partial charge is 0.845 e. The predicted molar refractivity (Wildman–Crippen MR) is 120 cm³/mol. The molecule has 1 N–H and O–H groups in total. The number of benzene rings is 1. The number of alkyl halides is 2. The molecule has 1 aromatic heterocycles. The van der Waals surface area contributed by atoms with Crippen molar-refractivity contribution in [1.82, 2.24) is 9.78 Å². The SMILES string of the molecule is O=S(=O)(/N=C(\[O-])Nc1c2c(cc3c1CCC3)CCC2)N(c1cnn(C(F)F)c1)C1CCOCC1. The number of halogens is 2. The highest BCUT2D eigenvalue weighted by Gasteiger charge is 2.33. The third kappa shape index (κ3) is 4.36. The molecule has 1 aliphatic heterocycles. The number of nitrogens with zero attached hydrogens (tertiary/aromatic N) is 4. The Kier molecular flexibility index (Phi) is 6.19. The molecule has 3 aliphatic rings. The molecule has 5 rings (SSSR count). The molecule has 2 aliphatic carbocycles. The van der Waals surface area contributed by atoms with E-state index in [1.165, 1.54) is 11.1 Å². The van der Waals surface area contributed by atoms with Crippen molar-refractivity contribution in [2.45, 2.75) is 64.0 Å². The zero-order valence-electron chi connectivity index (χ0n) is 18.5. The maximum absolute atomic E-state index is 13.3. The predicted octanol–water partition coefficient (Wildman–Crippen LogP) is 2.31. The summed E-state index contributed by atoms with van der Waals surface area (Å²) in [4.78, 5) is 0. The Morgan fingerprint density at radius 3 is 2.41 bits per heavy atom. The highest BCUT2D eigenvalue weighted by Crippen LogP contribution is 2.38. The van der Waals surface area contributed by atoms with Gasteiger partial charge in [0, 0.05) is 18.9 Å². The average molecular weight is 495 g/mol. The molecule has 1 aromatic carbocycles. The molecule has 0 amide bonds. The van der Waals surface area contributed by atoms with Crippen molar-refractivity contribution in [1.29, 1.82) is 0 Å². The maximum atomic E-state index is 13.3. The van der Waals surface area contributed by atoms with Gasteiger partial charge in [-0.1, -0.05) is 6.07 Å². The second-order valence-corrected chi connectivity index (χ2v) is 10.3. The van der Waals surface area contributed by atoms with Crippen molar-refractivity contribution in [3.63, 3.8) is 0 Å². The summed E-state index contributed by atoms with van der Waals surface area (Å²) in [6.45, 7) is -2.29. The molecule has 1 saturated heterocycles. The van der Waals surface area contributed by atoms with Gasteiger partial charge in [0.1, 0.15) is 0 Å². The van der Waals surface area contributed by atoms with Gasteiger partial charge >= 0.3 is 16.8 Å². The van der Waals surface area contributed by atoms with Crippen LogP contribution in [0, 0.1) is 0 Å². The van der Waals surface area contributed by atoms with Crippen LogP contribution in [0.15, 0.2) is 22.9 Å². The number of hydrogen-bond donors (Lipinski definition) is 1.